The van der Waals surface area contributed by atoms with E-state index in [1.807, 2.05) is 36.4 Å². The van der Waals surface area contributed by atoms with Crippen LogP contribution in [0.5, 0.6) is 0 Å². The normalized spacial score (nSPS) is 11.6. The molecule has 0 aliphatic heterocycles. The molecule has 1 amide bonds. The van der Waals surface area contributed by atoms with E-state index in [1.54, 1.807) is 36.6 Å². The van der Waals surface area contributed by atoms with E-state index in [9.17, 15) is 4.79 Å². The number of pyridine rings is 2. The fourth-order valence-electron chi connectivity index (χ4n) is 2.82. The first kappa shape index (κ1) is 18.6. The summed E-state index contributed by atoms with van der Waals surface area (Å²) in [6.45, 7) is 2.73. The largest absolute Gasteiger partial charge is 0.377 e. The molecule has 138 valence electrons. The number of rotatable bonds is 7. The van der Waals surface area contributed by atoms with Crippen molar-refractivity contribution in [2.24, 2.45) is 0 Å². The molecule has 1 N–H and O–H groups in total. The lowest BCUT2D eigenvalue weighted by atomic mass is 10.1. The molecule has 1 unspecified atom stereocenters. The highest BCUT2D eigenvalue weighted by atomic mass is 16.2. The number of benzene rings is 1. The van der Waals surface area contributed by atoms with Gasteiger partial charge in [-0.15, -0.1) is 0 Å². The number of hydrogen-bond acceptors (Lipinski definition) is 4. The molecule has 0 aliphatic carbocycles. The van der Waals surface area contributed by atoms with E-state index < -0.39 is 0 Å². The molecule has 0 saturated heterocycles. The maximum absolute atomic E-state index is 12.6. The number of likely N-dealkylation sites (N-methyl/N-ethyl adjacent to an activating group) is 1. The second kappa shape index (κ2) is 8.94. The van der Waals surface area contributed by atoms with Crippen LogP contribution in [0.1, 0.15) is 34.6 Å². The summed E-state index contributed by atoms with van der Waals surface area (Å²) in [5.41, 5.74) is 3.70. The van der Waals surface area contributed by atoms with E-state index in [4.69, 9.17) is 0 Å². The Morgan fingerprint density at radius 2 is 1.81 bits per heavy atom. The predicted octanol–water partition coefficient (Wildman–Crippen LogP) is 3.96. The second-order valence-corrected chi connectivity index (χ2v) is 6.54. The number of aromatic nitrogens is 2. The highest BCUT2D eigenvalue weighted by Gasteiger charge is 2.13. The predicted molar refractivity (Wildman–Crippen MR) is 108 cm³/mol. The number of carbonyl (C=O) groups is 1. The molecule has 3 aromatic rings. The molecule has 0 saturated carbocycles. The molecule has 2 heterocycles. The summed E-state index contributed by atoms with van der Waals surface area (Å²) in [5.74, 6) is -0.0771. The third kappa shape index (κ3) is 5.14. The van der Waals surface area contributed by atoms with Crippen molar-refractivity contribution in [3.8, 4) is 0 Å². The van der Waals surface area contributed by atoms with E-state index in [1.165, 1.54) is 5.56 Å². The molecule has 2 aromatic heterocycles. The van der Waals surface area contributed by atoms with Gasteiger partial charge in [0.15, 0.2) is 0 Å². The SMILES string of the molecule is CC(Nc1ccc(C(=O)N(C)CCc2ccncc2)nc1)c1ccccc1. The van der Waals surface area contributed by atoms with E-state index in [2.05, 4.69) is 34.3 Å². The van der Waals surface area contributed by atoms with Gasteiger partial charge in [0.25, 0.3) is 5.91 Å². The Balaban J connectivity index is 1.56. The first-order chi connectivity index (χ1) is 13.1. The molecule has 0 aliphatic rings. The minimum absolute atomic E-state index is 0.0771. The maximum Gasteiger partial charge on any atom is 0.272 e. The standard InChI is InChI=1S/C22H24N4O/c1-17(19-6-4-3-5-7-19)25-20-8-9-21(24-16-20)22(27)26(2)15-12-18-10-13-23-14-11-18/h3-11,13-14,16-17,25H,12,15H2,1-2H3. The lowest BCUT2D eigenvalue weighted by Gasteiger charge is -2.18. The summed E-state index contributed by atoms with van der Waals surface area (Å²) in [6, 6.07) is 18.0. The van der Waals surface area contributed by atoms with Gasteiger partial charge in [-0.25, -0.2) is 4.98 Å². The van der Waals surface area contributed by atoms with Crippen molar-refractivity contribution in [2.75, 3.05) is 18.9 Å². The van der Waals surface area contributed by atoms with E-state index in [-0.39, 0.29) is 11.9 Å². The van der Waals surface area contributed by atoms with Crippen LogP contribution >= 0.6 is 0 Å². The summed E-state index contributed by atoms with van der Waals surface area (Å²) >= 11 is 0. The van der Waals surface area contributed by atoms with Crippen molar-refractivity contribution in [1.29, 1.82) is 0 Å². The number of nitrogens with zero attached hydrogens (tertiary/aromatic N) is 3. The molecule has 5 nitrogen and oxygen atoms in total. The zero-order valence-electron chi connectivity index (χ0n) is 15.7. The fraction of sp³-hybridized carbons (Fsp3) is 0.227. The summed E-state index contributed by atoms with van der Waals surface area (Å²) < 4.78 is 0. The van der Waals surface area contributed by atoms with Gasteiger partial charge in [0, 0.05) is 32.0 Å². The van der Waals surface area contributed by atoms with Crippen LogP contribution in [0.15, 0.2) is 73.2 Å². The molecule has 0 spiro atoms. The number of hydrogen-bond donors (Lipinski definition) is 1. The summed E-state index contributed by atoms with van der Waals surface area (Å²) in [5, 5.41) is 3.41. The summed E-state index contributed by atoms with van der Waals surface area (Å²) in [4.78, 5) is 22.6. The van der Waals surface area contributed by atoms with Crippen LogP contribution in [-0.4, -0.2) is 34.4 Å². The van der Waals surface area contributed by atoms with Gasteiger partial charge in [0.1, 0.15) is 5.69 Å². The monoisotopic (exact) mass is 360 g/mol. The lowest BCUT2D eigenvalue weighted by Crippen LogP contribution is -2.29. The minimum Gasteiger partial charge on any atom is -0.377 e. The number of carbonyl (C=O) groups excluding carboxylic acids is 1. The number of nitrogens with one attached hydrogen (secondary N) is 1. The Hall–Kier alpha value is -3.21. The minimum atomic E-state index is -0.0771. The van der Waals surface area contributed by atoms with Crippen molar-refractivity contribution in [3.63, 3.8) is 0 Å². The average Bonchev–Trinajstić information content (AvgIpc) is 2.73. The zero-order chi connectivity index (χ0) is 19.1. The van der Waals surface area contributed by atoms with Crippen molar-refractivity contribution in [3.05, 3.63) is 90.0 Å². The highest BCUT2D eigenvalue weighted by Crippen LogP contribution is 2.18. The Bertz CT molecular complexity index is 851. The number of anilines is 1. The molecule has 1 aromatic carbocycles. The Morgan fingerprint density at radius 3 is 2.48 bits per heavy atom. The molecule has 1 atom stereocenters. The van der Waals surface area contributed by atoms with Gasteiger partial charge in [0.2, 0.25) is 0 Å². The molecule has 5 heteroatoms. The van der Waals surface area contributed by atoms with Crippen LogP contribution < -0.4 is 5.32 Å². The topological polar surface area (TPSA) is 58.1 Å². The Morgan fingerprint density at radius 1 is 1.07 bits per heavy atom. The smallest absolute Gasteiger partial charge is 0.272 e. The van der Waals surface area contributed by atoms with Gasteiger partial charge < -0.3 is 10.2 Å². The third-order valence-corrected chi connectivity index (χ3v) is 4.50. The molecule has 0 bridgehead atoms. The van der Waals surface area contributed by atoms with E-state index >= 15 is 0 Å². The summed E-state index contributed by atoms with van der Waals surface area (Å²) in [7, 11) is 1.80. The molecule has 27 heavy (non-hydrogen) atoms. The Labute approximate surface area is 160 Å². The van der Waals surface area contributed by atoms with Gasteiger partial charge in [-0.2, -0.15) is 0 Å². The first-order valence-electron chi connectivity index (χ1n) is 9.05. The third-order valence-electron chi connectivity index (χ3n) is 4.50. The molecule has 0 fully saturated rings. The van der Waals surface area contributed by atoms with Crippen molar-refractivity contribution in [1.82, 2.24) is 14.9 Å². The number of amides is 1. The quantitative estimate of drug-likeness (QED) is 0.693. The molecule has 0 radical (unpaired) electrons. The first-order valence-corrected chi connectivity index (χ1v) is 9.05. The molecular formula is C22H24N4O. The van der Waals surface area contributed by atoms with Gasteiger partial charge in [-0.1, -0.05) is 30.3 Å². The van der Waals surface area contributed by atoms with Gasteiger partial charge in [-0.05, 0) is 48.7 Å². The second-order valence-electron chi connectivity index (χ2n) is 6.54. The van der Waals surface area contributed by atoms with Crippen molar-refractivity contribution in [2.45, 2.75) is 19.4 Å². The maximum atomic E-state index is 12.6. The summed E-state index contributed by atoms with van der Waals surface area (Å²) in [6.07, 6.45) is 6.03. The molecular weight excluding hydrogens is 336 g/mol. The van der Waals surface area contributed by atoms with Crippen LogP contribution in [0.4, 0.5) is 5.69 Å². The Kier molecular flexibility index (Phi) is 6.15. The van der Waals surface area contributed by atoms with Gasteiger partial charge in [0.05, 0.1) is 11.9 Å². The highest BCUT2D eigenvalue weighted by molar-refractivity contribution is 5.92. The van der Waals surface area contributed by atoms with Crippen LogP contribution in [0.3, 0.4) is 0 Å². The van der Waals surface area contributed by atoms with Crippen LogP contribution in [0.25, 0.3) is 0 Å². The zero-order valence-corrected chi connectivity index (χ0v) is 15.7. The van der Waals surface area contributed by atoms with E-state index in [0.29, 0.717) is 12.2 Å². The van der Waals surface area contributed by atoms with Crippen LogP contribution in [-0.2, 0) is 6.42 Å². The lowest BCUT2D eigenvalue weighted by molar-refractivity contribution is 0.0791. The van der Waals surface area contributed by atoms with Crippen molar-refractivity contribution < 1.29 is 4.79 Å². The van der Waals surface area contributed by atoms with Crippen LogP contribution in [0.2, 0.25) is 0 Å². The fourth-order valence-corrected chi connectivity index (χ4v) is 2.82. The van der Waals surface area contributed by atoms with Crippen molar-refractivity contribution >= 4 is 11.6 Å². The van der Waals surface area contributed by atoms with Gasteiger partial charge >= 0.3 is 0 Å². The van der Waals surface area contributed by atoms with E-state index in [0.717, 1.165) is 17.7 Å². The van der Waals surface area contributed by atoms with Gasteiger partial charge in [-0.3, -0.25) is 9.78 Å². The average molecular weight is 360 g/mol. The molecule has 3 rings (SSSR count). The van der Waals surface area contributed by atoms with Crippen LogP contribution in [0, 0.1) is 0 Å².